The van der Waals surface area contributed by atoms with Crippen molar-refractivity contribution in [2.75, 3.05) is 5.32 Å². The number of nitrogens with zero attached hydrogens (tertiary/aromatic N) is 1. The van der Waals surface area contributed by atoms with Crippen LogP contribution in [0.3, 0.4) is 0 Å². The number of hydrogen-bond acceptors (Lipinski definition) is 2. The Balaban J connectivity index is 2.62. The number of anilines is 1. The van der Waals surface area contributed by atoms with Crippen LogP contribution in [-0.4, -0.2) is 10.8 Å². The molecule has 0 atom stereocenters. The van der Waals surface area contributed by atoms with E-state index in [0.29, 0.717) is 20.8 Å². The summed E-state index contributed by atoms with van der Waals surface area (Å²) in [5, 5.41) is 8.50. The predicted octanol–water partition coefficient (Wildman–Crippen LogP) is 4.07. The maximum atomic E-state index is 5.99. The first-order chi connectivity index (χ1) is 8.02. The largest absolute Gasteiger partial charge is 0.330 e. The van der Waals surface area contributed by atoms with E-state index >= 15 is 0 Å². The van der Waals surface area contributed by atoms with Crippen molar-refractivity contribution < 1.29 is 0 Å². The fourth-order valence-corrected chi connectivity index (χ4v) is 1.58. The van der Waals surface area contributed by atoms with Gasteiger partial charge in [0.25, 0.3) is 0 Å². The molecule has 0 aliphatic carbocycles. The van der Waals surface area contributed by atoms with Gasteiger partial charge in [-0.25, -0.2) is 0 Å². The number of hydrogen-bond donors (Lipinski definition) is 2. The monoisotopic (exact) mass is 289 g/mol. The standard InChI is InChI=1S/C11H13Cl2N3S/c1-3-7(2)15-16-11(17)14-10-5-4-8(12)6-9(10)13/h4-6H,3H2,1-2H3,(H2,14,16,17)/b15-7-. The van der Waals surface area contributed by atoms with E-state index in [9.17, 15) is 0 Å². The Labute approximate surface area is 116 Å². The number of thiocarbonyl (C=S) groups is 1. The molecule has 0 aliphatic heterocycles. The first kappa shape index (κ1) is 14.2. The molecule has 1 aromatic carbocycles. The van der Waals surface area contributed by atoms with Gasteiger partial charge in [0.15, 0.2) is 5.11 Å². The highest BCUT2D eigenvalue weighted by Gasteiger charge is 2.02. The van der Waals surface area contributed by atoms with Crippen LogP contribution in [0.4, 0.5) is 5.69 Å². The van der Waals surface area contributed by atoms with Crippen LogP contribution in [-0.2, 0) is 0 Å². The van der Waals surface area contributed by atoms with Gasteiger partial charge >= 0.3 is 0 Å². The van der Waals surface area contributed by atoms with Crippen LogP contribution in [0.5, 0.6) is 0 Å². The van der Waals surface area contributed by atoms with E-state index in [1.165, 1.54) is 0 Å². The summed E-state index contributed by atoms with van der Waals surface area (Å²) >= 11 is 16.9. The Hall–Kier alpha value is -0.840. The molecule has 0 unspecified atom stereocenters. The van der Waals surface area contributed by atoms with E-state index in [1.54, 1.807) is 18.2 Å². The second-order valence-corrected chi connectivity index (χ2v) is 4.64. The summed E-state index contributed by atoms with van der Waals surface area (Å²) in [4.78, 5) is 0. The lowest BCUT2D eigenvalue weighted by Gasteiger charge is -2.09. The average Bonchev–Trinajstić information content (AvgIpc) is 2.29. The predicted molar refractivity (Wildman–Crippen MR) is 79.2 cm³/mol. The zero-order valence-corrected chi connectivity index (χ0v) is 11.9. The molecule has 17 heavy (non-hydrogen) atoms. The van der Waals surface area contributed by atoms with Crippen molar-refractivity contribution in [3.05, 3.63) is 28.2 Å². The minimum Gasteiger partial charge on any atom is -0.330 e. The minimum atomic E-state index is 0.391. The lowest BCUT2D eigenvalue weighted by Crippen LogP contribution is -2.24. The van der Waals surface area contributed by atoms with Gasteiger partial charge in [-0.2, -0.15) is 5.10 Å². The second kappa shape index (κ2) is 6.79. The van der Waals surface area contributed by atoms with Gasteiger partial charge in [0.1, 0.15) is 0 Å². The zero-order chi connectivity index (χ0) is 12.8. The summed E-state index contributed by atoms with van der Waals surface area (Å²) in [5.41, 5.74) is 4.40. The van der Waals surface area contributed by atoms with E-state index in [0.717, 1.165) is 12.1 Å². The van der Waals surface area contributed by atoms with Crippen LogP contribution >= 0.6 is 35.4 Å². The molecule has 0 saturated heterocycles. The van der Waals surface area contributed by atoms with Crippen LogP contribution in [0.2, 0.25) is 10.0 Å². The molecule has 92 valence electrons. The smallest absolute Gasteiger partial charge is 0.191 e. The van der Waals surface area contributed by atoms with Crippen LogP contribution in [0, 0.1) is 0 Å². The van der Waals surface area contributed by atoms with Crippen molar-refractivity contribution in [2.24, 2.45) is 5.10 Å². The molecule has 0 bridgehead atoms. The third-order valence-electron chi connectivity index (χ3n) is 2.04. The Morgan fingerprint density at radius 2 is 2.12 bits per heavy atom. The maximum absolute atomic E-state index is 5.99. The molecule has 0 spiro atoms. The van der Waals surface area contributed by atoms with Gasteiger partial charge in [-0.15, -0.1) is 0 Å². The lowest BCUT2D eigenvalue weighted by molar-refractivity contribution is 1.02. The Bertz CT molecular complexity index is 446. The van der Waals surface area contributed by atoms with E-state index < -0.39 is 0 Å². The molecule has 0 aliphatic rings. The fourth-order valence-electron chi connectivity index (χ4n) is 0.966. The fraction of sp³-hybridized carbons (Fsp3) is 0.273. The van der Waals surface area contributed by atoms with E-state index in [1.807, 2.05) is 13.8 Å². The normalized spacial score (nSPS) is 11.2. The summed E-state index contributed by atoms with van der Waals surface area (Å²) in [6.45, 7) is 3.94. The maximum Gasteiger partial charge on any atom is 0.191 e. The van der Waals surface area contributed by atoms with Crippen molar-refractivity contribution in [3.8, 4) is 0 Å². The van der Waals surface area contributed by atoms with Crippen molar-refractivity contribution in [3.63, 3.8) is 0 Å². The molecule has 0 saturated carbocycles. The van der Waals surface area contributed by atoms with Gasteiger partial charge in [0.05, 0.1) is 10.7 Å². The average molecular weight is 290 g/mol. The Morgan fingerprint density at radius 3 is 2.71 bits per heavy atom. The SMILES string of the molecule is CC/C(C)=N\NC(=S)Nc1ccc(Cl)cc1Cl. The highest BCUT2D eigenvalue weighted by atomic mass is 35.5. The molecule has 2 N–H and O–H groups in total. The summed E-state index contributed by atoms with van der Waals surface area (Å²) in [6, 6.07) is 5.14. The molecule has 3 nitrogen and oxygen atoms in total. The minimum absolute atomic E-state index is 0.391. The van der Waals surface area contributed by atoms with Crippen molar-refractivity contribution in [1.82, 2.24) is 5.43 Å². The van der Waals surface area contributed by atoms with Crippen molar-refractivity contribution in [2.45, 2.75) is 20.3 Å². The van der Waals surface area contributed by atoms with Crippen molar-refractivity contribution in [1.29, 1.82) is 0 Å². The number of hydrazone groups is 1. The van der Waals surface area contributed by atoms with Gasteiger partial charge in [0.2, 0.25) is 0 Å². The van der Waals surface area contributed by atoms with Gasteiger partial charge in [-0.3, -0.25) is 5.43 Å². The molecule has 1 aromatic rings. The van der Waals surface area contributed by atoms with Gasteiger partial charge in [-0.05, 0) is 43.8 Å². The molecule has 6 heteroatoms. The first-order valence-electron chi connectivity index (χ1n) is 5.08. The molecule has 0 radical (unpaired) electrons. The highest BCUT2D eigenvalue weighted by molar-refractivity contribution is 7.80. The Morgan fingerprint density at radius 1 is 1.41 bits per heavy atom. The third kappa shape index (κ3) is 4.89. The molecule has 0 heterocycles. The quantitative estimate of drug-likeness (QED) is 0.500. The van der Waals surface area contributed by atoms with E-state index in [4.69, 9.17) is 35.4 Å². The van der Waals surface area contributed by atoms with E-state index in [2.05, 4.69) is 15.8 Å². The number of halogens is 2. The highest BCUT2D eigenvalue weighted by Crippen LogP contribution is 2.25. The summed E-state index contributed by atoms with van der Waals surface area (Å²) in [7, 11) is 0. The molecule has 0 fully saturated rings. The molecule has 0 amide bonds. The summed E-state index contributed by atoms with van der Waals surface area (Å²) in [6.07, 6.45) is 0.872. The van der Waals surface area contributed by atoms with E-state index in [-0.39, 0.29) is 0 Å². The molecular weight excluding hydrogens is 277 g/mol. The third-order valence-corrected chi connectivity index (χ3v) is 2.78. The molecular formula is C11H13Cl2N3S. The second-order valence-electron chi connectivity index (χ2n) is 3.39. The zero-order valence-electron chi connectivity index (χ0n) is 9.55. The number of benzene rings is 1. The topological polar surface area (TPSA) is 36.4 Å². The molecule has 0 aromatic heterocycles. The van der Waals surface area contributed by atoms with Gasteiger partial charge in [0, 0.05) is 10.7 Å². The summed E-state index contributed by atoms with van der Waals surface area (Å²) in [5.74, 6) is 0. The van der Waals surface area contributed by atoms with Gasteiger partial charge in [-0.1, -0.05) is 30.1 Å². The van der Waals surface area contributed by atoms with Crippen LogP contribution in [0.15, 0.2) is 23.3 Å². The number of nitrogens with one attached hydrogen (secondary N) is 2. The van der Waals surface area contributed by atoms with Crippen LogP contribution in [0.1, 0.15) is 20.3 Å². The number of rotatable bonds is 3. The lowest BCUT2D eigenvalue weighted by atomic mass is 10.3. The summed E-state index contributed by atoms with van der Waals surface area (Å²) < 4.78 is 0. The van der Waals surface area contributed by atoms with Crippen LogP contribution < -0.4 is 10.7 Å². The Kier molecular flexibility index (Phi) is 5.68. The van der Waals surface area contributed by atoms with Crippen LogP contribution in [0.25, 0.3) is 0 Å². The molecule has 1 rings (SSSR count). The first-order valence-corrected chi connectivity index (χ1v) is 6.24. The van der Waals surface area contributed by atoms with Crippen molar-refractivity contribution >= 4 is 51.9 Å². The van der Waals surface area contributed by atoms with Gasteiger partial charge < -0.3 is 5.32 Å².